The van der Waals surface area contributed by atoms with Crippen LogP contribution in [-0.4, -0.2) is 44.7 Å². The van der Waals surface area contributed by atoms with Crippen LogP contribution in [0.15, 0.2) is 29.3 Å². The van der Waals surface area contributed by atoms with Gasteiger partial charge in [0, 0.05) is 26.2 Å². The number of anilines is 1. The van der Waals surface area contributed by atoms with E-state index in [0.29, 0.717) is 18.5 Å². The lowest BCUT2D eigenvalue weighted by Crippen LogP contribution is -2.45. The van der Waals surface area contributed by atoms with Gasteiger partial charge in [-0.05, 0) is 31.4 Å². The van der Waals surface area contributed by atoms with Gasteiger partial charge in [-0.25, -0.2) is 0 Å². The number of halogens is 1. The van der Waals surface area contributed by atoms with Crippen LogP contribution < -0.4 is 20.3 Å². The Morgan fingerprint density at radius 1 is 1.32 bits per heavy atom. The van der Waals surface area contributed by atoms with Gasteiger partial charge < -0.3 is 20.3 Å². The maximum atomic E-state index is 12.1. The Balaban J connectivity index is 0.00000312. The fourth-order valence-corrected chi connectivity index (χ4v) is 2.42. The normalized spacial score (nSPS) is 15.2. The summed E-state index contributed by atoms with van der Waals surface area (Å²) in [6.45, 7) is 8.00. The highest BCUT2D eigenvalue weighted by Gasteiger charge is 2.24. The number of nitrogens with zero attached hydrogens (tertiary/aromatic N) is 2. The van der Waals surface area contributed by atoms with Gasteiger partial charge in [0.1, 0.15) is 5.75 Å². The second kappa shape index (κ2) is 10.5. The van der Waals surface area contributed by atoms with Gasteiger partial charge in [0.05, 0.1) is 5.69 Å². The first kappa shape index (κ1) is 21.5. The monoisotopic (exact) mass is 460 g/mol. The molecule has 0 saturated carbocycles. The zero-order chi connectivity index (χ0) is 17.5. The summed E-state index contributed by atoms with van der Waals surface area (Å²) >= 11 is 0. The molecule has 0 radical (unpaired) electrons. The van der Waals surface area contributed by atoms with Crippen LogP contribution in [-0.2, 0) is 4.79 Å². The molecule has 0 aliphatic carbocycles. The maximum Gasteiger partial charge on any atom is 0.265 e. The number of guanidine groups is 1. The molecule has 140 valence electrons. The highest BCUT2D eigenvalue weighted by molar-refractivity contribution is 14.0. The summed E-state index contributed by atoms with van der Waals surface area (Å²) < 4.78 is 5.46. The van der Waals surface area contributed by atoms with E-state index in [9.17, 15) is 4.79 Å². The third-order valence-electron chi connectivity index (χ3n) is 4.25. The minimum absolute atomic E-state index is 0. The van der Waals surface area contributed by atoms with Gasteiger partial charge in [-0.3, -0.25) is 9.79 Å². The minimum Gasteiger partial charge on any atom is -0.482 e. The van der Waals surface area contributed by atoms with E-state index in [-0.39, 0.29) is 36.5 Å². The first-order valence-corrected chi connectivity index (χ1v) is 8.52. The summed E-state index contributed by atoms with van der Waals surface area (Å²) in [5.74, 6) is 2.11. The number of benzene rings is 1. The predicted molar refractivity (Wildman–Crippen MR) is 113 cm³/mol. The van der Waals surface area contributed by atoms with Crippen molar-refractivity contribution >= 4 is 41.5 Å². The third-order valence-corrected chi connectivity index (χ3v) is 4.25. The Kier molecular flexibility index (Phi) is 9.02. The quantitative estimate of drug-likeness (QED) is 0.297. The van der Waals surface area contributed by atoms with Crippen LogP contribution in [0.3, 0.4) is 0 Å². The molecule has 1 atom stereocenters. The fraction of sp³-hybridized carbons (Fsp3) is 0.556. The van der Waals surface area contributed by atoms with Gasteiger partial charge in [0.2, 0.25) is 0 Å². The summed E-state index contributed by atoms with van der Waals surface area (Å²) in [7, 11) is 1.77. The number of hydrogen-bond acceptors (Lipinski definition) is 3. The molecule has 0 aromatic heterocycles. The molecule has 2 N–H and O–H groups in total. The van der Waals surface area contributed by atoms with Crippen molar-refractivity contribution in [2.24, 2.45) is 10.9 Å². The van der Waals surface area contributed by atoms with E-state index >= 15 is 0 Å². The molecule has 1 aliphatic heterocycles. The van der Waals surface area contributed by atoms with Crippen LogP contribution in [0.5, 0.6) is 5.75 Å². The molecule has 6 nitrogen and oxygen atoms in total. The summed E-state index contributed by atoms with van der Waals surface area (Å²) in [5.41, 5.74) is 0.852. The van der Waals surface area contributed by atoms with Crippen molar-refractivity contribution in [3.8, 4) is 5.75 Å². The Morgan fingerprint density at radius 3 is 2.72 bits per heavy atom. The smallest absolute Gasteiger partial charge is 0.265 e. The number of aliphatic imine (C=N–C) groups is 1. The Morgan fingerprint density at radius 2 is 2.04 bits per heavy atom. The zero-order valence-corrected chi connectivity index (χ0v) is 17.7. The number of para-hydroxylation sites is 2. The Bertz CT molecular complexity index is 592. The van der Waals surface area contributed by atoms with E-state index in [0.717, 1.165) is 30.4 Å². The third kappa shape index (κ3) is 6.05. The highest BCUT2D eigenvalue weighted by Crippen LogP contribution is 2.31. The van der Waals surface area contributed by atoms with Gasteiger partial charge in [0.15, 0.2) is 12.6 Å². The summed E-state index contributed by atoms with van der Waals surface area (Å²) in [6.07, 6.45) is 0.830. The van der Waals surface area contributed by atoms with Crippen molar-refractivity contribution in [2.75, 3.05) is 31.6 Å². The number of amides is 1. The van der Waals surface area contributed by atoms with Gasteiger partial charge >= 0.3 is 0 Å². The molecule has 1 unspecified atom stereocenters. The molecule has 25 heavy (non-hydrogen) atoms. The molecule has 0 spiro atoms. The molecule has 0 fully saturated rings. The van der Waals surface area contributed by atoms with Crippen LogP contribution in [0, 0.1) is 5.92 Å². The van der Waals surface area contributed by atoms with Gasteiger partial charge in [0.25, 0.3) is 5.91 Å². The van der Waals surface area contributed by atoms with Gasteiger partial charge in [-0.1, -0.05) is 26.0 Å². The molecule has 1 amide bonds. The first-order chi connectivity index (χ1) is 11.5. The molecular weight excluding hydrogens is 431 g/mol. The number of carbonyl (C=O) groups is 1. The number of carbonyl (C=O) groups excluding carboxylic acids is 1. The number of rotatable bonds is 6. The van der Waals surface area contributed by atoms with E-state index < -0.39 is 0 Å². The van der Waals surface area contributed by atoms with Crippen molar-refractivity contribution in [2.45, 2.75) is 33.2 Å². The molecule has 7 heteroatoms. The zero-order valence-electron chi connectivity index (χ0n) is 15.4. The maximum absolute atomic E-state index is 12.1. The second-order valence-corrected chi connectivity index (χ2v) is 6.33. The SMILES string of the molecule is CN=C(NCCCN1C(=O)COc2ccccc21)NC(C)C(C)C.I. The van der Waals surface area contributed by atoms with Crippen LogP contribution in [0.4, 0.5) is 5.69 Å². The molecule has 1 heterocycles. The van der Waals surface area contributed by atoms with Crippen molar-refractivity contribution in [1.29, 1.82) is 0 Å². The van der Waals surface area contributed by atoms with E-state index in [1.165, 1.54) is 0 Å². The predicted octanol–water partition coefficient (Wildman–Crippen LogP) is 2.63. The Hall–Kier alpha value is -1.51. The van der Waals surface area contributed by atoms with Gasteiger partial charge in [-0.15, -0.1) is 24.0 Å². The van der Waals surface area contributed by atoms with Gasteiger partial charge in [-0.2, -0.15) is 0 Å². The first-order valence-electron chi connectivity index (χ1n) is 8.52. The van der Waals surface area contributed by atoms with Crippen molar-refractivity contribution in [3.63, 3.8) is 0 Å². The topological polar surface area (TPSA) is 66.0 Å². The molecule has 1 aliphatic rings. The lowest BCUT2D eigenvalue weighted by atomic mass is 10.1. The molecule has 1 aromatic carbocycles. The minimum atomic E-state index is 0. The van der Waals surface area contributed by atoms with Crippen LogP contribution >= 0.6 is 24.0 Å². The number of nitrogens with one attached hydrogen (secondary N) is 2. The number of fused-ring (bicyclic) bond motifs is 1. The summed E-state index contributed by atoms with van der Waals surface area (Å²) in [4.78, 5) is 18.1. The number of ether oxygens (including phenoxy) is 1. The number of hydrogen-bond donors (Lipinski definition) is 2. The molecule has 1 aromatic rings. The average molecular weight is 460 g/mol. The van der Waals surface area contributed by atoms with Crippen LogP contribution in [0.1, 0.15) is 27.2 Å². The van der Waals surface area contributed by atoms with E-state index in [2.05, 4.69) is 36.4 Å². The lowest BCUT2D eigenvalue weighted by molar-refractivity contribution is -0.121. The van der Waals surface area contributed by atoms with Crippen molar-refractivity contribution in [1.82, 2.24) is 10.6 Å². The van der Waals surface area contributed by atoms with E-state index in [4.69, 9.17) is 4.74 Å². The standard InChI is InChI=1S/C18H28N4O2.HI/c1-13(2)14(3)21-18(19-4)20-10-7-11-22-15-8-5-6-9-16(15)24-12-17(22)23;/h5-6,8-9,13-14H,7,10-12H2,1-4H3,(H2,19,20,21);1H. The summed E-state index contributed by atoms with van der Waals surface area (Å²) in [5, 5.41) is 6.67. The second-order valence-electron chi connectivity index (χ2n) is 6.33. The largest absolute Gasteiger partial charge is 0.482 e. The van der Waals surface area contributed by atoms with E-state index in [1.54, 1.807) is 11.9 Å². The van der Waals surface area contributed by atoms with Crippen LogP contribution in [0.25, 0.3) is 0 Å². The van der Waals surface area contributed by atoms with Crippen LogP contribution in [0.2, 0.25) is 0 Å². The molecule has 2 rings (SSSR count). The highest BCUT2D eigenvalue weighted by atomic mass is 127. The Labute approximate surface area is 167 Å². The molecule has 0 bridgehead atoms. The van der Waals surface area contributed by atoms with Crippen molar-refractivity contribution in [3.05, 3.63) is 24.3 Å². The fourth-order valence-electron chi connectivity index (χ4n) is 2.42. The molecular formula is C18H29IN4O2. The summed E-state index contributed by atoms with van der Waals surface area (Å²) in [6, 6.07) is 8.01. The average Bonchev–Trinajstić information content (AvgIpc) is 2.58. The van der Waals surface area contributed by atoms with E-state index in [1.807, 2.05) is 24.3 Å². The lowest BCUT2D eigenvalue weighted by Gasteiger charge is -2.29. The van der Waals surface area contributed by atoms with Crippen molar-refractivity contribution < 1.29 is 9.53 Å². The molecule has 0 saturated heterocycles.